The maximum absolute atomic E-state index is 13.5. The number of hydrogen-bond donors (Lipinski definition) is 2. The second kappa shape index (κ2) is 8.00. The number of rotatable bonds is 5. The van der Waals surface area contributed by atoms with Crippen LogP contribution < -0.4 is 10.6 Å². The number of aromatic nitrogens is 4. The van der Waals surface area contributed by atoms with E-state index in [0.717, 1.165) is 12.1 Å². The molecule has 6 nitrogen and oxygen atoms in total. The molecule has 2 saturated carbocycles. The highest BCUT2D eigenvalue weighted by molar-refractivity contribution is 5.54. The number of anilines is 2. The first-order chi connectivity index (χ1) is 14.9. The van der Waals surface area contributed by atoms with Crippen LogP contribution in [0.3, 0.4) is 0 Å². The minimum absolute atomic E-state index is 0.146. The van der Waals surface area contributed by atoms with Gasteiger partial charge in [-0.15, -0.1) is 0 Å². The summed E-state index contributed by atoms with van der Waals surface area (Å²) in [6.45, 7) is 0. The van der Waals surface area contributed by atoms with Gasteiger partial charge >= 0.3 is 6.18 Å². The van der Waals surface area contributed by atoms with E-state index < -0.39 is 48.6 Å². The molecule has 32 heavy (non-hydrogen) atoms. The van der Waals surface area contributed by atoms with Gasteiger partial charge in [0, 0.05) is 37.8 Å². The Morgan fingerprint density at radius 1 is 0.781 bits per heavy atom. The van der Waals surface area contributed by atoms with E-state index >= 15 is 0 Å². The number of hydrogen-bond acceptors (Lipinski definition) is 6. The normalized spacial score (nSPS) is 24.5. The summed E-state index contributed by atoms with van der Waals surface area (Å²) in [6, 6.07) is 1.86. The Balaban J connectivity index is 1.64. The Bertz CT molecular complexity index is 935. The van der Waals surface area contributed by atoms with Gasteiger partial charge in [0.1, 0.15) is 11.4 Å². The lowest BCUT2D eigenvalue weighted by Gasteiger charge is -2.17. The third-order valence-corrected chi connectivity index (χ3v) is 5.38. The number of nitrogens with one attached hydrogen (secondary N) is 2. The van der Waals surface area contributed by atoms with Crippen molar-refractivity contribution in [2.75, 3.05) is 10.6 Å². The summed E-state index contributed by atoms with van der Waals surface area (Å²) in [7, 11) is 0. The van der Waals surface area contributed by atoms with Crippen molar-refractivity contribution in [3.8, 4) is 11.5 Å². The van der Waals surface area contributed by atoms with E-state index in [-0.39, 0.29) is 49.1 Å². The zero-order valence-electron chi connectivity index (χ0n) is 16.6. The summed E-state index contributed by atoms with van der Waals surface area (Å²) < 4.78 is 93.2. The standard InChI is InChI=1S/C19H19F7N6/c20-17(21)6-4-10(8-17)27-15-30-14(12-2-1-3-13(29-12)19(24,25)26)31-16(32-15)28-11-5-7-18(22,23)9-11/h1-3,10-11H,4-9H2,(H2,27,28,30,31,32)/t10-,11-/m1/s1. The molecule has 0 amide bonds. The van der Waals surface area contributed by atoms with Crippen molar-refractivity contribution >= 4 is 11.9 Å². The van der Waals surface area contributed by atoms with Crippen molar-refractivity contribution in [3.63, 3.8) is 0 Å². The lowest BCUT2D eigenvalue weighted by atomic mass is 10.2. The van der Waals surface area contributed by atoms with Gasteiger partial charge in [0.2, 0.25) is 23.7 Å². The summed E-state index contributed by atoms with van der Waals surface area (Å²) in [5.74, 6) is -6.22. The van der Waals surface area contributed by atoms with Crippen LogP contribution in [0.25, 0.3) is 11.5 Å². The van der Waals surface area contributed by atoms with E-state index in [1.807, 2.05) is 0 Å². The third kappa shape index (κ3) is 5.36. The van der Waals surface area contributed by atoms with E-state index in [2.05, 4.69) is 30.6 Å². The Morgan fingerprint density at radius 2 is 1.31 bits per heavy atom. The molecule has 0 saturated heterocycles. The van der Waals surface area contributed by atoms with Gasteiger partial charge in [-0.3, -0.25) is 0 Å². The first-order valence-corrected chi connectivity index (χ1v) is 9.98. The van der Waals surface area contributed by atoms with Crippen LogP contribution in [0, 0.1) is 0 Å². The zero-order chi connectivity index (χ0) is 23.1. The summed E-state index contributed by atoms with van der Waals surface area (Å²) in [5, 5.41) is 5.51. The summed E-state index contributed by atoms with van der Waals surface area (Å²) in [6.07, 6.45) is -5.95. The average Bonchev–Trinajstić information content (AvgIpc) is 3.21. The van der Waals surface area contributed by atoms with Crippen LogP contribution in [-0.2, 0) is 6.18 Å². The van der Waals surface area contributed by atoms with Crippen LogP contribution in [0.2, 0.25) is 0 Å². The molecule has 4 rings (SSSR count). The van der Waals surface area contributed by atoms with Crippen LogP contribution in [-0.4, -0.2) is 43.9 Å². The average molecular weight is 464 g/mol. The lowest BCUT2D eigenvalue weighted by Crippen LogP contribution is -2.23. The molecular formula is C19H19F7N6. The van der Waals surface area contributed by atoms with Crippen LogP contribution in [0.1, 0.15) is 44.2 Å². The van der Waals surface area contributed by atoms with E-state index in [1.165, 1.54) is 6.07 Å². The molecule has 2 aliphatic carbocycles. The predicted molar refractivity (Wildman–Crippen MR) is 100 cm³/mol. The SMILES string of the molecule is FC1(F)CC[C@@H](Nc2nc(N[C@@H]3CCC(F)(F)C3)nc(-c3cccc(C(F)(F)F)n3)n2)C1. The fraction of sp³-hybridized carbons (Fsp3) is 0.579. The van der Waals surface area contributed by atoms with Crippen molar-refractivity contribution < 1.29 is 30.7 Å². The predicted octanol–water partition coefficient (Wildman–Crippen LogP) is 5.15. The maximum atomic E-state index is 13.5. The first kappa shape index (κ1) is 22.5. The molecule has 2 heterocycles. The van der Waals surface area contributed by atoms with Crippen LogP contribution in [0.15, 0.2) is 18.2 Å². The van der Waals surface area contributed by atoms with Gasteiger partial charge in [0.15, 0.2) is 5.82 Å². The molecule has 2 fully saturated rings. The lowest BCUT2D eigenvalue weighted by molar-refractivity contribution is -0.141. The molecule has 2 aromatic heterocycles. The van der Waals surface area contributed by atoms with Crippen LogP contribution in [0.4, 0.5) is 42.6 Å². The Labute approximate surface area is 178 Å². The van der Waals surface area contributed by atoms with Crippen LogP contribution in [0.5, 0.6) is 0 Å². The van der Waals surface area contributed by atoms with Crippen molar-refractivity contribution in [2.45, 2.75) is 68.6 Å². The highest BCUT2D eigenvalue weighted by atomic mass is 19.4. The minimum Gasteiger partial charge on any atom is -0.351 e. The number of halogens is 7. The van der Waals surface area contributed by atoms with Crippen molar-refractivity contribution in [1.29, 1.82) is 0 Å². The number of nitrogens with zero attached hydrogens (tertiary/aromatic N) is 4. The smallest absolute Gasteiger partial charge is 0.351 e. The largest absolute Gasteiger partial charge is 0.433 e. The molecule has 174 valence electrons. The topological polar surface area (TPSA) is 75.6 Å². The van der Waals surface area contributed by atoms with Crippen molar-refractivity contribution in [2.24, 2.45) is 0 Å². The first-order valence-electron chi connectivity index (χ1n) is 9.98. The van der Waals surface area contributed by atoms with Gasteiger partial charge in [-0.1, -0.05) is 6.07 Å². The molecule has 2 atom stereocenters. The quantitative estimate of drug-likeness (QED) is 0.596. The van der Waals surface area contributed by atoms with Gasteiger partial charge < -0.3 is 10.6 Å². The summed E-state index contributed by atoms with van der Waals surface area (Å²) >= 11 is 0. The van der Waals surface area contributed by atoms with Gasteiger partial charge in [-0.25, -0.2) is 22.5 Å². The molecule has 2 aromatic rings. The molecular weight excluding hydrogens is 445 g/mol. The second-order valence-electron chi connectivity index (χ2n) is 8.09. The van der Waals surface area contributed by atoms with Gasteiger partial charge in [-0.2, -0.15) is 28.1 Å². The molecule has 0 unspecified atom stereocenters. The highest BCUT2D eigenvalue weighted by Gasteiger charge is 2.41. The van der Waals surface area contributed by atoms with Crippen molar-refractivity contribution in [1.82, 2.24) is 19.9 Å². The molecule has 0 spiro atoms. The maximum Gasteiger partial charge on any atom is 0.433 e. The molecule has 0 radical (unpaired) electrons. The van der Waals surface area contributed by atoms with E-state index in [9.17, 15) is 30.7 Å². The molecule has 2 N–H and O–H groups in total. The zero-order valence-corrected chi connectivity index (χ0v) is 16.6. The summed E-state index contributed by atoms with van der Waals surface area (Å²) in [5.41, 5.74) is -1.38. The summed E-state index contributed by atoms with van der Waals surface area (Å²) in [4.78, 5) is 15.7. The third-order valence-electron chi connectivity index (χ3n) is 5.38. The highest BCUT2D eigenvalue weighted by Crippen LogP contribution is 2.37. The van der Waals surface area contributed by atoms with Gasteiger partial charge in [0.25, 0.3) is 0 Å². The van der Waals surface area contributed by atoms with E-state index in [1.54, 1.807) is 0 Å². The van der Waals surface area contributed by atoms with Crippen LogP contribution >= 0.6 is 0 Å². The van der Waals surface area contributed by atoms with Gasteiger partial charge in [0.05, 0.1) is 0 Å². The Kier molecular flexibility index (Phi) is 5.61. The second-order valence-corrected chi connectivity index (χ2v) is 8.09. The van der Waals surface area contributed by atoms with E-state index in [4.69, 9.17) is 0 Å². The molecule has 0 aromatic carbocycles. The molecule has 0 bridgehead atoms. The Morgan fingerprint density at radius 3 is 1.75 bits per heavy atom. The van der Waals surface area contributed by atoms with Crippen molar-refractivity contribution in [3.05, 3.63) is 23.9 Å². The number of pyridine rings is 1. The number of alkyl halides is 7. The fourth-order valence-electron chi connectivity index (χ4n) is 3.85. The Hall–Kier alpha value is -2.73. The van der Waals surface area contributed by atoms with Gasteiger partial charge in [-0.05, 0) is 25.0 Å². The monoisotopic (exact) mass is 464 g/mol. The molecule has 0 aliphatic heterocycles. The molecule has 13 heteroatoms. The minimum atomic E-state index is -4.70. The van der Waals surface area contributed by atoms with E-state index in [0.29, 0.717) is 0 Å². The molecule has 2 aliphatic rings. The fourth-order valence-corrected chi connectivity index (χ4v) is 3.85.